The number of rotatable bonds is 9. The number of benzene rings is 2. The molecule has 0 radical (unpaired) electrons. The largest absolute Gasteiger partial charge is 0.351 e. The van der Waals surface area contributed by atoms with Gasteiger partial charge in [0.1, 0.15) is 0 Å². The van der Waals surface area contributed by atoms with Crippen LogP contribution >= 0.6 is 0 Å². The summed E-state index contributed by atoms with van der Waals surface area (Å²) in [5, 5.41) is 2.93. The first-order valence-corrected chi connectivity index (χ1v) is 13.1. The molecular formula is C25H34N4O4S. The smallest absolute Gasteiger partial charge is 0.254 e. The van der Waals surface area contributed by atoms with Crippen LogP contribution in [0.25, 0.3) is 0 Å². The van der Waals surface area contributed by atoms with Gasteiger partial charge in [-0.25, -0.2) is 8.42 Å². The van der Waals surface area contributed by atoms with Crippen LogP contribution in [0.2, 0.25) is 0 Å². The molecule has 9 heteroatoms. The first-order chi connectivity index (χ1) is 16.3. The van der Waals surface area contributed by atoms with Crippen LogP contribution in [0, 0.1) is 6.92 Å². The van der Waals surface area contributed by atoms with E-state index >= 15 is 0 Å². The number of aryl methyl sites for hydroxylation is 1. The highest BCUT2D eigenvalue weighted by Crippen LogP contribution is 2.21. The van der Waals surface area contributed by atoms with Gasteiger partial charge in [0.25, 0.3) is 5.91 Å². The van der Waals surface area contributed by atoms with Crippen molar-refractivity contribution in [3.8, 4) is 0 Å². The van der Waals surface area contributed by atoms with Crippen molar-refractivity contribution < 1.29 is 18.0 Å². The molecule has 0 saturated carbocycles. The molecule has 2 aromatic rings. The normalized spacial score (nSPS) is 14.9. The SMILES string of the molecule is CCN(CC)S(=O)(=O)c1ccc(C)c(C(=O)N2CCN(CC(=O)NCc3ccccc3)CC2)c1. The fourth-order valence-electron chi connectivity index (χ4n) is 4.04. The van der Waals surface area contributed by atoms with E-state index in [2.05, 4.69) is 5.32 Å². The Hall–Kier alpha value is -2.75. The quantitative estimate of drug-likeness (QED) is 0.586. The summed E-state index contributed by atoms with van der Waals surface area (Å²) in [5.41, 5.74) is 2.19. The third kappa shape index (κ3) is 6.22. The second-order valence-electron chi connectivity index (χ2n) is 8.40. The lowest BCUT2D eigenvalue weighted by atomic mass is 10.1. The number of nitrogens with zero attached hydrogens (tertiary/aromatic N) is 3. The van der Waals surface area contributed by atoms with Gasteiger partial charge in [-0.15, -0.1) is 0 Å². The minimum absolute atomic E-state index is 0.0474. The van der Waals surface area contributed by atoms with Crippen molar-refractivity contribution in [1.82, 2.24) is 19.4 Å². The van der Waals surface area contributed by atoms with Gasteiger partial charge in [-0.1, -0.05) is 50.2 Å². The maximum atomic E-state index is 13.2. The van der Waals surface area contributed by atoms with E-state index in [0.717, 1.165) is 11.1 Å². The van der Waals surface area contributed by atoms with Crippen molar-refractivity contribution in [2.75, 3.05) is 45.8 Å². The van der Waals surface area contributed by atoms with Crippen LogP contribution < -0.4 is 5.32 Å². The van der Waals surface area contributed by atoms with Gasteiger partial charge in [-0.3, -0.25) is 14.5 Å². The van der Waals surface area contributed by atoms with Crippen LogP contribution in [-0.2, 0) is 21.4 Å². The lowest BCUT2D eigenvalue weighted by Crippen LogP contribution is -2.51. The van der Waals surface area contributed by atoms with E-state index in [0.29, 0.717) is 51.4 Å². The summed E-state index contributed by atoms with van der Waals surface area (Å²) in [5.74, 6) is -0.226. The van der Waals surface area contributed by atoms with Crippen LogP contribution in [0.3, 0.4) is 0 Å². The molecule has 3 rings (SSSR count). The molecule has 1 heterocycles. The topological polar surface area (TPSA) is 90.0 Å². The van der Waals surface area contributed by atoms with Gasteiger partial charge in [-0.2, -0.15) is 4.31 Å². The van der Waals surface area contributed by atoms with Gasteiger partial charge in [0.2, 0.25) is 15.9 Å². The van der Waals surface area contributed by atoms with Crippen molar-refractivity contribution in [2.24, 2.45) is 0 Å². The molecule has 184 valence electrons. The average molecular weight is 487 g/mol. The Kier molecular flexibility index (Phi) is 8.82. The molecule has 1 fully saturated rings. The molecule has 0 aromatic heterocycles. The molecule has 1 aliphatic heterocycles. The zero-order chi connectivity index (χ0) is 24.7. The minimum atomic E-state index is -3.64. The molecule has 0 aliphatic carbocycles. The number of nitrogens with one attached hydrogen (secondary N) is 1. The van der Waals surface area contributed by atoms with E-state index in [-0.39, 0.29) is 23.3 Å². The molecule has 1 saturated heterocycles. The lowest BCUT2D eigenvalue weighted by molar-refractivity contribution is -0.122. The van der Waals surface area contributed by atoms with Gasteiger partial charge in [0.05, 0.1) is 11.4 Å². The standard InChI is InChI=1S/C25H34N4O4S/c1-4-29(5-2)34(32,33)22-12-11-20(3)23(17-22)25(31)28-15-13-27(14-16-28)19-24(30)26-18-21-9-7-6-8-10-21/h6-12,17H,4-5,13-16,18-19H2,1-3H3,(H,26,30). The van der Waals surface area contributed by atoms with E-state index in [1.807, 2.05) is 42.2 Å². The Balaban J connectivity index is 1.58. The number of carbonyl (C=O) groups is 2. The second-order valence-corrected chi connectivity index (χ2v) is 10.3. The highest BCUT2D eigenvalue weighted by Gasteiger charge is 2.27. The third-order valence-corrected chi connectivity index (χ3v) is 8.19. The van der Waals surface area contributed by atoms with Gasteiger partial charge >= 0.3 is 0 Å². The number of hydrogen-bond acceptors (Lipinski definition) is 5. The molecule has 8 nitrogen and oxygen atoms in total. The van der Waals surface area contributed by atoms with E-state index in [4.69, 9.17) is 0 Å². The van der Waals surface area contributed by atoms with Crippen molar-refractivity contribution in [2.45, 2.75) is 32.2 Å². The zero-order valence-electron chi connectivity index (χ0n) is 20.2. The Morgan fingerprint density at radius 1 is 0.971 bits per heavy atom. The predicted molar refractivity (Wildman–Crippen MR) is 132 cm³/mol. The molecule has 0 atom stereocenters. The van der Waals surface area contributed by atoms with E-state index < -0.39 is 10.0 Å². The first-order valence-electron chi connectivity index (χ1n) is 11.7. The first kappa shape index (κ1) is 25.9. The molecular weight excluding hydrogens is 452 g/mol. The predicted octanol–water partition coefficient (Wildman–Crippen LogP) is 2.10. The average Bonchev–Trinajstić information content (AvgIpc) is 2.84. The van der Waals surface area contributed by atoms with Crippen molar-refractivity contribution in [1.29, 1.82) is 0 Å². The maximum absolute atomic E-state index is 13.2. The minimum Gasteiger partial charge on any atom is -0.351 e. The molecule has 2 aromatic carbocycles. The van der Waals surface area contributed by atoms with Crippen molar-refractivity contribution in [3.05, 3.63) is 65.2 Å². The summed E-state index contributed by atoms with van der Waals surface area (Å²) >= 11 is 0. The zero-order valence-corrected chi connectivity index (χ0v) is 21.0. The number of piperazine rings is 1. The molecule has 0 spiro atoms. The fourth-order valence-corrected chi connectivity index (χ4v) is 5.52. The van der Waals surface area contributed by atoms with E-state index in [9.17, 15) is 18.0 Å². The monoisotopic (exact) mass is 486 g/mol. The van der Waals surface area contributed by atoms with Crippen molar-refractivity contribution in [3.63, 3.8) is 0 Å². The number of sulfonamides is 1. The fraction of sp³-hybridized carbons (Fsp3) is 0.440. The van der Waals surface area contributed by atoms with Gasteiger partial charge < -0.3 is 10.2 Å². The summed E-state index contributed by atoms with van der Waals surface area (Å²) in [6.45, 7) is 9.06. The van der Waals surface area contributed by atoms with Gasteiger partial charge in [-0.05, 0) is 30.2 Å². The summed E-state index contributed by atoms with van der Waals surface area (Å²) in [4.78, 5) is 29.4. The van der Waals surface area contributed by atoms with Crippen LogP contribution in [-0.4, -0.2) is 80.2 Å². The second kappa shape index (κ2) is 11.6. The Morgan fingerprint density at radius 2 is 1.62 bits per heavy atom. The van der Waals surface area contributed by atoms with Crippen LogP contribution in [0.4, 0.5) is 0 Å². The molecule has 2 amide bonds. The van der Waals surface area contributed by atoms with E-state index in [1.165, 1.54) is 10.4 Å². The molecule has 34 heavy (non-hydrogen) atoms. The maximum Gasteiger partial charge on any atom is 0.254 e. The van der Waals surface area contributed by atoms with Crippen molar-refractivity contribution >= 4 is 21.8 Å². The molecule has 1 aliphatic rings. The molecule has 0 bridgehead atoms. The van der Waals surface area contributed by atoms with Gasteiger partial charge in [0.15, 0.2) is 0 Å². The summed E-state index contributed by atoms with van der Waals surface area (Å²) < 4.78 is 27.2. The summed E-state index contributed by atoms with van der Waals surface area (Å²) in [7, 11) is -3.64. The lowest BCUT2D eigenvalue weighted by Gasteiger charge is -2.34. The molecule has 1 N–H and O–H groups in total. The highest BCUT2D eigenvalue weighted by molar-refractivity contribution is 7.89. The van der Waals surface area contributed by atoms with E-state index in [1.54, 1.807) is 30.9 Å². The van der Waals surface area contributed by atoms with Crippen LogP contribution in [0.5, 0.6) is 0 Å². The van der Waals surface area contributed by atoms with Gasteiger partial charge in [0, 0.05) is 51.4 Å². The molecule has 0 unspecified atom stereocenters. The number of carbonyl (C=O) groups excluding carboxylic acids is 2. The Labute approximate surface area is 202 Å². The Morgan fingerprint density at radius 3 is 2.24 bits per heavy atom. The number of amides is 2. The summed E-state index contributed by atoms with van der Waals surface area (Å²) in [6, 6.07) is 14.5. The third-order valence-electron chi connectivity index (χ3n) is 6.14. The van der Waals surface area contributed by atoms with Crippen LogP contribution in [0.1, 0.15) is 35.3 Å². The summed E-state index contributed by atoms with van der Waals surface area (Å²) in [6.07, 6.45) is 0. The van der Waals surface area contributed by atoms with Crippen LogP contribution in [0.15, 0.2) is 53.4 Å². The number of hydrogen-bond donors (Lipinski definition) is 1. The highest BCUT2D eigenvalue weighted by atomic mass is 32.2. The Bertz CT molecular complexity index is 1090.